The molecular formula is C37H73N2+. The third kappa shape index (κ3) is 21.6. The highest BCUT2D eigenvalue weighted by atomic mass is 15.1. The lowest BCUT2D eigenvalue weighted by Gasteiger charge is -2.07. The lowest BCUT2D eigenvalue weighted by Crippen LogP contribution is -2.37. The van der Waals surface area contributed by atoms with E-state index in [2.05, 4.69) is 42.3 Å². The molecule has 2 nitrogen and oxygen atoms in total. The van der Waals surface area contributed by atoms with Crippen LogP contribution in [0, 0.1) is 0 Å². The van der Waals surface area contributed by atoms with Gasteiger partial charge in [-0.15, -0.1) is 0 Å². The van der Waals surface area contributed by atoms with Gasteiger partial charge in [0.15, 0.2) is 0 Å². The van der Waals surface area contributed by atoms with E-state index in [-0.39, 0.29) is 0 Å². The molecule has 0 N–H and O–H groups in total. The molecule has 0 amide bonds. The van der Waals surface area contributed by atoms with Gasteiger partial charge >= 0.3 is 0 Å². The van der Waals surface area contributed by atoms with Crippen molar-refractivity contribution in [1.82, 2.24) is 4.57 Å². The zero-order valence-electron chi connectivity index (χ0n) is 27.5. The molecule has 0 bridgehead atoms. The smallest absolute Gasteiger partial charge is 0.234 e. The molecule has 230 valence electrons. The molecule has 0 fully saturated rings. The Bertz CT molecular complexity index is 605. The Kier molecular flexibility index (Phi) is 26.7. The predicted octanol–water partition coefficient (Wildman–Crippen LogP) is 12.3. The first-order valence-corrected chi connectivity index (χ1v) is 18.4. The number of rotatable bonds is 31. The van der Waals surface area contributed by atoms with E-state index in [1.54, 1.807) is 5.82 Å². The first-order valence-electron chi connectivity index (χ1n) is 18.4. The van der Waals surface area contributed by atoms with Crippen molar-refractivity contribution in [3.8, 4) is 0 Å². The molecule has 39 heavy (non-hydrogen) atoms. The summed E-state index contributed by atoms with van der Waals surface area (Å²) in [6, 6.07) is 0. The summed E-state index contributed by atoms with van der Waals surface area (Å²) in [4.78, 5) is 0. The Hall–Kier alpha value is -0.790. The minimum absolute atomic E-state index is 1.23. The van der Waals surface area contributed by atoms with Gasteiger partial charge in [0.1, 0.15) is 12.4 Å². The summed E-state index contributed by atoms with van der Waals surface area (Å²) in [6.07, 6.45) is 45.9. The van der Waals surface area contributed by atoms with Gasteiger partial charge in [-0.05, 0) is 32.1 Å². The first-order chi connectivity index (χ1) is 19.3. The Morgan fingerprint density at radius 3 is 1.23 bits per heavy atom. The van der Waals surface area contributed by atoms with Crippen LogP contribution >= 0.6 is 0 Å². The van der Waals surface area contributed by atoms with Crippen molar-refractivity contribution in [2.45, 2.75) is 220 Å². The second-order valence-electron chi connectivity index (χ2n) is 12.7. The van der Waals surface area contributed by atoms with Crippen LogP contribution in [-0.2, 0) is 19.5 Å². The van der Waals surface area contributed by atoms with Crippen molar-refractivity contribution in [3.05, 3.63) is 18.2 Å². The average Bonchev–Trinajstić information content (AvgIpc) is 3.33. The molecule has 0 aliphatic carbocycles. The van der Waals surface area contributed by atoms with Crippen molar-refractivity contribution >= 4 is 0 Å². The molecule has 0 aliphatic heterocycles. The normalized spacial score (nSPS) is 11.6. The van der Waals surface area contributed by atoms with Crippen LogP contribution in [0.3, 0.4) is 0 Å². The van der Waals surface area contributed by atoms with Crippen molar-refractivity contribution in [2.75, 3.05) is 0 Å². The van der Waals surface area contributed by atoms with Crippen LogP contribution in [0.4, 0.5) is 0 Å². The van der Waals surface area contributed by atoms with Gasteiger partial charge in [-0.3, -0.25) is 0 Å². The molecule has 0 saturated heterocycles. The quantitative estimate of drug-likeness (QED) is 0.0648. The van der Waals surface area contributed by atoms with Crippen molar-refractivity contribution in [3.63, 3.8) is 0 Å². The SMILES string of the molecule is CCCCCCCCCCCCCCn1cc[n+](CCCCCCCCC)c1CCCCCCCCCCC. The number of imidazole rings is 1. The van der Waals surface area contributed by atoms with Gasteiger partial charge < -0.3 is 0 Å². The maximum Gasteiger partial charge on any atom is 0.256 e. The maximum atomic E-state index is 2.63. The van der Waals surface area contributed by atoms with Gasteiger partial charge in [0.05, 0.1) is 13.1 Å². The zero-order chi connectivity index (χ0) is 28.1. The van der Waals surface area contributed by atoms with Gasteiger partial charge in [-0.1, -0.05) is 168 Å². The Balaban J connectivity index is 2.30. The highest BCUT2D eigenvalue weighted by Gasteiger charge is 2.16. The van der Waals surface area contributed by atoms with E-state index in [0.717, 1.165) is 0 Å². The topological polar surface area (TPSA) is 8.81 Å². The lowest BCUT2D eigenvalue weighted by atomic mass is 10.1. The molecule has 0 aromatic carbocycles. The highest BCUT2D eigenvalue weighted by Crippen LogP contribution is 2.15. The standard InChI is InChI=1S/C37H73N2/c1-4-7-10-13-16-18-19-20-22-25-28-31-34-39-36-35-38(33-30-27-24-15-12-9-6-3)37(39)32-29-26-23-21-17-14-11-8-5-2/h35-36H,4-34H2,1-3H3/q+1. The maximum absolute atomic E-state index is 2.63. The fraction of sp³-hybridized carbons (Fsp3) is 0.919. The summed E-state index contributed by atoms with van der Waals surface area (Å²) in [5.74, 6) is 1.62. The third-order valence-electron chi connectivity index (χ3n) is 8.85. The van der Waals surface area contributed by atoms with E-state index in [9.17, 15) is 0 Å². The predicted molar refractivity (Wildman–Crippen MR) is 175 cm³/mol. The Morgan fingerprint density at radius 2 is 0.795 bits per heavy atom. The highest BCUT2D eigenvalue weighted by molar-refractivity contribution is 4.84. The molecule has 0 atom stereocenters. The second kappa shape index (κ2) is 28.7. The van der Waals surface area contributed by atoms with Crippen LogP contribution in [-0.4, -0.2) is 4.57 Å². The van der Waals surface area contributed by atoms with E-state index in [1.807, 2.05) is 0 Å². The fourth-order valence-corrected chi connectivity index (χ4v) is 6.15. The van der Waals surface area contributed by atoms with Gasteiger partial charge in [-0.25, -0.2) is 9.13 Å². The van der Waals surface area contributed by atoms with Crippen LogP contribution in [0.15, 0.2) is 12.4 Å². The molecule has 0 radical (unpaired) electrons. The largest absolute Gasteiger partial charge is 0.256 e. The van der Waals surface area contributed by atoms with Crippen LogP contribution < -0.4 is 4.57 Å². The minimum atomic E-state index is 1.23. The monoisotopic (exact) mass is 546 g/mol. The second-order valence-corrected chi connectivity index (χ2v) is 12.7. The third-order valence-corrected chi connectivity index (χ3v) is 8.85. The molecule has 1 aromatic heterocycles. The van der Waals surface area contributed by atoms with Gasteiger partial charge in [-0.2, -0.15) is 0 Å². The molecule has 0 saturated carbocycles. The van der Waals surface area contributed by atoms with Crippen LogP contribution in [0.1, 0.15) is 206 Å². The fourth-order valence-electron chi connectivity index (χ4n) is 6.15. The molecule has 1 aromatic rings. The summed E-state index contributed by atoms with van der Waals surface area (Å²) in [7, 11) is 0. The molecule has 1 heterocycles. The number of hydrogen-bond acceptors (Lipinski definition) is 0. The van der Waals surface area contributed by atoms with Crippen LogP contribution in [0.2, 0.25) is 0 Å². The summed E-state index contributed by atoms with van der Waals surface area (Å²) < 4.78 is 5.25. The Morgan fingerprint density at radius 1 is 0.436 bits per heavy atom. The first kappa shape index (κ1) is 36.2. The summed E-state index contributed by atoms with van der Waals surface area (Å²) in [6.45, 7) is 9.39. The van der Waals surface area contributed by atoms with Crippen LogP contribution in [0.25, 0.3) is 0 Å². The van der Waals surface area contributed by atoms with E-state index in [4.69, 9.17) is 0 Å². The van der Waals surface area contributed by atoms with E-state index in [0.29, 0.717) is 0 Å². The molecule has 0 aliphatic rings. The number of aryl methyl sites for hydroxylation is 2. The summed E-state index contributed by atoms with van der Waals surface area (Å²) in [5.41, 5.74) is 0. The molecule has 0 spiro atoms. The molecule has 2 heteroatoms. The number of nitrogens with zero attached hydrogens (tertiary/aromatic N) is 2. The van der Waals surface area contributed by atoms with Crippen LogP contribution in [0.5, 0.6) is 0 Å². The number of hydrogen-bond donors (Lipinski definition) is 0. The minimum Gasteiger partial charge on any atom is -0.234 e. The lowest BCUT2D eigenvalue weighted by molar-refractivity contribution is -0.704. The Labute approximate surface area is 247 Å². The van der Waals surface area contributed by atoms with Gasteiger partial charge in [0.2, 0.25) is 0 Å². The van der Waals surface area contributed by atoms with Crippen molar-refractivity contribution in [1.29, 1.82) is 0 Å². The number of aromatic nitrogens is 2. The van der Waals surface area contributed by atoms with E-state index in [1.165, 1.54) is 199 Å². The molecular weight excluding hydrogens is 472 g/mol. The van der Waals surface area contributed by atoms with Crippen molar-refractivity contribution in [2.24, 2.45) is 0 Å². The van der Waals surface area contributed by atoms with Crippen molar-refractivity contribution < 1.29 is 4.57 Å². The van der Waals surface area contributed by atoms with E-state index >= 15 is 0 Å². The zero-order valence-corrected chi connectivity index (χ0v) is 27.5. The average molecular weight is 546 g/mol. The van der Waals surface area contributed by atoms with Gasteiger partial charge in [0, 0.05) is 6.42 Å². The summed E-state index contributed by atoms with van der Waals surface area (Å²) >= 11 is 0. The van der Waals surface area contributed by atoms with Gasteiger partial charge in [0.25, 0.3) is 5.82 Å². The number of unbranched alkanes of at least 4 members (excludes halogenated alkanes) is 25. The molecule has 0 unspecified atom stereocenters. The van der Waals surface area contributed by atoms with E-state index < -0.39 is 0 Å². The summed E-state index contributed by atoms with van der Waals surface area (Å²) in [5, 5.41) is 0. The molecule has 1 rings (SSSR count).